The lowest BCUT2D eigenvalue weighted by Crippen LogP contribution is -2.45. The van der Waals surface area contributed by atoms with E-state index in [9.17, 15) is 12.8 Å². The Hall–Kier alpha value is -2.26. The van der Waals surface area contributed by atoms with Gasteiger partial charge < -0.3 is 9.64 Å². The van der Waals surface area contributed by atoms with Crippen LogP contribution in [0, 0.1) is 5.82 Å². The lowest BCUT2D eigenvalue weighted by Gasteiger charge is -2.32. The molecule has 1 aliphatic heterocycles. The van der Waals surface area contributed by atoms with Gasteiger partial charge in [0.25, 0.3) is 5.88 Å². The number of hydrogen-bond donors (Lipinski definition) is 0. The van der Waals surface area contributed by atoms with Crippen molar-refractivity contribution >= 4 is 15.8 Å². The molecule has 1 saturated heterocycles. The number of ether oxygens (including phenoxy) is 1. The summed E-state index contributed by atoms with van der Waals surface area (Å²) in [7, 11) is 0.0288. The maximum absolute atomic E-state index is 13.8. The van der Waals surface area contributed by atoms with Crippen LogP contribution in [0.25, 0.3) is 0 Å². The van der Waals surface area contributed by atoms with Gasteiger partial charge in [0, 0.05) is 38.6 Å². The smallest absolute Gasteiger partial charge is 0.257 e. The van der Waals surface area contributed by atoms with Crippen LogP contribution < -0.4 is 9.64 Å². The molecule has 0 bridgehead atoms. The van der Waals surface area contributed by atoms with E-state index in [2.05, 4.69) is 9.97 Å². The Morgan fingerprint density at radius 2 is 2.00 bits per heavy atom. The van der Waals surface area contributed by atoms with Crippen molar-refractivity contribution in [1.29, 1.82) is 0 Å². The Labute approximate surface area is 158 Å². The molecule has 1 aliphatic rings. The lowest BCUT2D eigenvalue weighted by atomic mass is 10.1. The molecule has 1 unspecified atom stereocenters. The van der Waals surface area contributed by atoms with Gasteiger partial charge in [-0.2, -0.15) is 4.31 Å². The normalized spacial score (nSPS) is 18.3. The number of rotatable bonds is 6. The van der Waals surface area contributed by atoms with E-state index in [4.69, 9.17) is 4.74 Å². The monoisotopic (exact) mass is 394 g/mol. The second-order valence-corrected chi connectivity index (χ2v) is 8.64. The van der Waals surface area contributed by atoms with E-state index in [1.54, 1.807) is 23.2 Å². The summed E-state index contributed by atoms with van der Waals surface area (Å²) < 4.78 is 46.7. The van der Waals surface area contributed by atoms with Crippen LogP contribution in [0.4, 0.5) is 10.2 Å². The van der Waals surface area contributed by atoms with Gasteiger partial charge in [-0.15, -0.1) is 0 Å². The van der Waals surface area contributed by atoms with E-state index < -0.39 is 15.8 Å². The molecule has 1 atom stereocenters. The molecule has 27 heavy (non-hydrogen) atoms. The quantitative estimate of drug-likeness (QED) is 0.747. The molecule has 146 valence electrons. The van der Waals surface area contributed by atoms with E-state index in [1.165, 1.54) is 22.6 Å². The first-order valence-electron chi connectivity index (χ1n) is 8.73. The molecular weight excluding hydrogens is 371 g/mol. The number of halogens is 1. The summed E-state index contributed by atoms with van der Waals surface area (Å²) in [5.41, 5.74) is 0.171. The molecule has 9 heteroatoms. The highest BCUT2D eigenvalue weighted by atomic mass is 32.2. The largest absolute Gasteiger partial charge is 0.470 e. The van der Waals surface area contributed by atoms with Crippen molar-refractivity contribution < 1.29 is 17.5 Å². The fourth-order valence-corrected chi connectivity index (χ4v) is 4.63. The van der Waals surface area contributed by atoms with Gasteiger partial charge in [0.15, 0.2) is 5.82 Å². The SMILES string of the molecule is CN(C)c1nccnc1OC1CCCN(S(=O)(=O)Cc2ccccc2F)C1. The highest BCUT2D eigenvalue weighted by molar-refractivity contribution is 7.88. The molecule has 1 aromatic heterocycles. The molecule has 1 aromatic carbocycles. The number of anilines is 1. The zero-order valence-electron chi connectivity index (χ0n) is 15.4. The van der Waals surface area contributed by atoms with E-state index in [0.717, 1.165) is 6.42 Å². The molecule has 0 saturated carbocycles. The van der Waals surface area contributed by atoms with E-state index in [-0.39, 0.29) is 24.0 Å². The average Bonchev–Trinajstić information content (AvgIpc) is 2.64. The maximum atomic E-state index is 13.8. The first-order chi connectivity index (χ1) is 12.9. The van der Waals surface area contributed by atoms with Gasteiger partial charge >= 0.3 is 0 Å². The highest BCUT2D eigenvalue weighted by Gasteiger charge is 2.31. The Morgan fingerprint density at radius 1 is 1.26 bits per heavy atom. The third-order valence-electron chi connectivity index (χ3n) is 4.38. The van der Waals surface area contributed by atoms with Crippen LogP contribution in [0.2, 0.25) is 0 Å². The summed E-state index contributed by atoms with van der Waals surface area (Å²) in [5.74, 6) is 0.0891. The van der Waals surface area contributed by atoms with Gasteiger partial charge in [-0.3, -0.25) is 0 Å². The van der Waals surface area contributed by atoms with Gasteiger partial charge in [-0.25, -0.2) is 22.8 Å². The van der Waals surface area contributed by atoms with Gasteiger partial charge in [-0.05, 0) is 18.9 Å². The van der Waals surface area contributed by atoms with Crippen LogP contribution in [0.15, 0.2) is 36.7 Å². The molecule has 0 radical (unpaired) electrons. The Morgan fingerprint density at radius 3 is 2.74 bits per heavy atom. The second kappa shape index (κ2) is 8.18. The average molecular weight is 394 g/mol. The molecule has 0 amide bonds. The Balaban J connectivity index is 1.71. The molecule has 1 fully saturated rings. The zero-order valence-corrected chi connectivity index (χ0v) is 16.2. The van der Waals surface area contributed by atoms with Crippen LogP contribution in [0.5, 0.6) is 5.88 Å². The predicted molar refractivity (Wildman–Crippen MR) is 101 cm³/mol. The number of aromatic nitrogens is 2. The highest BCUT2D eigenvalue weighted by Crippen LogP contribution is 2.25. The minimum absolute atomic E-state index is 0.171. The molecule has 2 aromatic rings. The minimum Gasteiger partial charge on any atom is -0.470 e. The van der Waals surface area contributed by atoms with Crippen molar-refractivity contribution in [3.8, 4) is 5.88 Å². The summed E-state index contributed by atoms with van der Waals surface area (Å²) in [6.45, 7) is 0.609. The molecule has 2 heterocycles. The van der Waals surface area contributed by atoms with Crippen molar-refractivity contribution in [1.82, 2.24) is 14.3 Å². The van der Waals surface area contributed by atoms with Gasteiger partial charge in [0.2, 0.25) is 10.0 Å². The van der Waals surface area contributed by atoms with E-state index >= 15 is 0 Å². The third kappa shape index (κ3) is 4.72. The molecule has 7 nitrogen and oxygen atoms in total. The predicted octanol–water partition coefficient (Wildman–Crippen LogP) is 2.05. The standard InChI is InChI=1S/C18H23FN4O3S/c1-22(2)17-18(21-10-9-20-17)26-15-7-5-11-23(12-15)27(24,25)13-14-6-3-4-8-16(14)19/h3-4,6,8-10,15H,5,7,11-13H2,1-2H3. The van der Waals surface area contributed by atoms with E-state index in [0.29, 0.717) is 24.7 Å². The second-order valence-electron chi connectivity index (χ2n) is 6.67. The number of piperidine rings is 1. The van der Waals surface area contributed by atoms with Gasteiger partial charge in [-0.1, -0.05) is 18.2 Å². The van der Waals surface area contributed by atoms with Crippen LogP contribution in [0.3, 0.4) is 0 Å². The number of benzene rings is 1. The van der Waals surface area contributed by atoms with Crippen LogP contribution in [-0.4, -0.2) is 56.0 Å². The summed E-state index contributed by atoms with van der Waals surface area (Å²) in [5, 5.41) is 0. The van der Waals surface area contributed by atoms with Crippen molar-refractivity contribution in [3.63, 3.8) is 0 Å². The number of sulfonamides is 1. The number of hydrogen-bond acceptors (Lipinski definition) is 6. The van der Waals surface area contributed by atoms with Gasteiger partial charge in [0.1, 0.15) is 11.9 Å². The van der Waals surface area contributed by atoms with Crippen LogP contribution in [-0.2, 0) is 15.8 Å². The molecule has 0 spiro atoms. The molecule has 3 rings (SSSR count). The van der Waals surface area contributed by atoms with E-state index in [1.807, 2.05) is 14.1 Å². The number of nitrogens with zero attached hydrogens (tertiary/aromatic N) is 4. The van der Waals surface area contributed by atoms with Crippen molar-refractivity contribution in [3.05, 3.63) is 48.0 Å². The first kappa shape index (κ1) is 19.5. The van der Waals surface area contributed by atoms with Crippen LogP contribution in [0.1, 0.15) is 18.4 Å². The lowest BCUT2D eigenvalue weighted by molar-refractivity contribution is 0.124. The Bertz CT molecular complexity index is 892. The fourth-order valence-electron chi connectivity index (χ4n) is 3.02. The van der Waals surface area contributed by atoms with Crippen molar-refractivity contribution in [2.45, 2.75) is 24.7 Å². The summed E-state index contributed by atoms with van der Waals surface area (Å²) >= 11 is 0. The zero-order chi connectivity index (χ0) is 19.4. The van der Waals surface area contributed by atoms with Crippen molar-refractivity contribution in [2.75, 3.05) is 32.1 Å². The minimum atomic E-state index is -3.64. The van der Waals surface area contributed by atoms with Crippen molar-refractivity contribution in [2.24, 2.45) is 0 Å². The Kier molecular flexibility index (Phi) is 5.91. The summed E-state index contributed by atoms with van der Waals surface area (Å²) in [6.07, 6.45) is 4.17. The summed E-state index contributed by atoms with van der Waals surface area (Å²) in [6, 6.07) is 5.93. The first-order valence-corrected chi connectivity index (χ1v) is 10.3. The summed E-state index contributed by atoms with van der Waals surface area (Å²) in [4.78, 5) is 10.2. The fraction of sp³-hybridized carbons (Fsp3) is 0.444. The topological polar surface area (TPSA) is 75.6 Å². The maximum Gasteiger partial charge on any atom is 0.257 e. The van der Waals surface area contributed by atoms with Crippen LogP contribution >= 0.6 is 0 Å². The molecular formula is C18H23FN4O3S. The van der Waals surface area contributed by atoms with Gasteiger partial charge in [0.05, 0.1) is 12.3 Å². The molecule has 0 aliphatic carbocycles. The third-order valence-corrected chi connectivity index (χ3v) is 6.17. The molecule has 0 N–H and O–H groups in total.